The Labute approximate surface area is 173 Å². The molecule has 0 spiro atoms. The summed E-state index contributed by atoms with van der Waals surface area (Å²) in [7, 11) is 1.59. The van der Waals surface area contributed by atoms with Gasteiger partial charge in [-0.25, -0.2) is 4.39 Å². The summed E-state index contributed by atoms with van der Waals surface area (Å²) in [6, 6.07) is 11.5. The Morgan fingerprint density at radius 3 is 2.54 bits per heavy atom. The number of nitrogens with zero attached hydrogens (tertiary/aromatic N) is 1. The lowest BCUT2D eigenvalue weighted by molar-refractivity contribution is -0.123. The first kappa shape index (κ1) is 20.4. The molecule has 1 heterocycles. The molecular formula is C21H20FNO3S2. The van der Waals surface area contributed by atoms with E-state index in [2.05, 4.69) is 0 Å². The maximum atomic E-state index is 13.0. The van der Waals surface area contributed by atoms with E-state index in [4.69, 9.17) is 21.7 Å². The summed E-state index contributed by atoms with van der Waals surface area (Å²) in [6.07, 6.45) is 1.82. The Hall–Kier alpha value is -2.38. The SMILES string of the molecule is COc1ccc(C=C2SC(=S)N(C(C)C)C2=O)cc1COc1ccc(F)cc1. The van der Waals surface area contributed by atoms with Crippen molar-refractivity contribution in [2.75, 3.05) is 7.11 Å². The molecule has 1 aliphatic rings. The number of methoxy groups -OCH3 is 1. The van der Waals surface area contributed by atoms with Gasteiger partial charge in [-0.15, -0.1) is 0 Å². The van der Waals surface area contributed by atoms with E-state index in [1.165, 1.54) is 23.9 Å². The Bertz CT molecular complexity index is 926. The zero-order chi connectivity index (χ0) is 20.3. The van der Waals surface area contributed by atoms with Crippen LogP contribution in [0.3, 0.4) is 0 Å². The van der Waals surface area contributed by atoms with Gasteiger partial charge in [0, 0.05) is 11.6 Å². The number of rotatable bonds is 6. The second kappa shape index (κ2) is 8.75. The molecule has 7 heteroatoms. The number of hydrogen-bond acceptors (Lipinski definition) is 5. The van der Waals surface area contributed by atoms with Crippen molar-refractivity contribution in [3.8, 4) is 11.5 Å². The summed E-state index contributed by atoms with van der Waals surface area (Å²) < 4.78 is 24.7. The molecule has 0 unspecified atom stereocenters. The minimum Gasteiger partial charge on any atom is -0.496 e. The summed E-state index contributed by atoms with van der Waals surface area (Å²) in [4.78, 5) is 14.8. The van der Waals surface area contributed by atoms with E-state index in [0.29, 0.717) is 20.7 Å². The van der Waals surface area contributed by atoms with Gasteiger partial charge in [0.1, 0.15) is 28.2 Å². The van der Waals surface area contributed by atoms with Gasteiger partial charge >= 0.3 is 0 Å². The third-order valence-corrected chi connectivity index (χ3v) is 5.48. The number of halogens is 1. The lowest BCUT2D eigenvalue weighted by Crippen LogP contribution is -2.34. The fourth-order valence-corrected chi connectivity index (χ4v) is 4.29. The normalized spacial score (nSPS) is 15.6. The van der Waals surface area contributed by atoms with Crippen molar-refractivity contribution in [2.24, 2.45) is 0 Å². The molecular weight excluding hydrogens is 397 g/mol. The van der Waals surface area contributed by atoms with Gasteiger partial charge in [0.05, 0.1) is 12.0 Å². The molecule has 1 amide bonds. The van der Waals surface area contributed by atoms with E-state index in [9.17, 15) is 9.18 Å². The zero-order valence-electron chi connectivity index (χ0n) is 15.8. The van der Waals surface area contributed by atoms with Crippen LogP contribution in [0.5, 0.6) is 11.5 Å². The van der Waals surface area contributed by atoms with E-state index >= 15 is 0 Å². The summed E-state index contributed by atoms with van der Waals surface area (Å²) in [6.45, 7) is 4.13. The molecule has 4 nitrogen and oxygen atoms in total. The third-order valence-electron chi connectivity index (χ3n) is 4.15. The molecule has 2 aromatic carbocycles. The van der Waals surface area contributed by atoms with Crippen LogP contribution < -0.4 is 9.47 Å². The van der Waals surface area contributed by atoms with Crippen LogP contribution >= 0.6 is 24.0 Å². The fraction of sp³-hybridized carbons (Fsp3) is 0.238. The quantitative estimate of drug-likeness (QED) is 0.487. The van der Waals surface area contributed by atoms with Crippen molar-refractivity contribution < 1.29 is 18.7 Å². The highest BCUT2D eigenvalue weighted by atomic mass is 32.2. The van der Waals surface area contributed by atoms with Crippen LogP contribution in [-0.2, 0) is 11.4 Å². The average molecular weight is 418 g/mol. The topological polar surface area (TPSA) is 38.8 Å². The van der Waals surface area contributed by atoms with Gasteiger partial charge in [-0.1, -0.05) is 30.0 Å². The maximum Gasteiger partial charge on any atom is 0.266 e. The number of ether oxygens (including phenoxy) is 2. The maximum absolute atomic E-state index is 13.0. The number of carbonyl (C=O) groups excluding carboxylic acids is 1. The second-order valence-electron chi connectivity index (χ2n) is 6.46. The second-order valence-corrected chi connectivity index (χ2v) is 8.14. The smallest absolute Gasteiger partial charge is 0.266 e. The lowest BCUT2D eigenvalue weighted by Gasteiger charge is -2.18. The Morgan fingerprint density at radius 1 is 1.21 bits per heavy atom. The minimum absolute atomic E-state index is 0.0222. The van der Waals surface area contributed by atoms with E-state index in [-0.39, 0.29) is 24.4 Å². The van der Waals surface area contributed by atoms with Gasteiger partial charge in [-0.3, -0.25) is 9.69 Å². The predicted molar refractivity (Wildman–Crippen MR) is 114 cm³/mol. The minimum atomic E-state index is -0.314. The summed E-state index contributed by atoms with van der Waals surface area (Å²) >= 11 is 6.62. The summed E-state index contributed by atoms with van der Waals surface area (Å²) in [5, 5.41) is 0. The number of thioether (sulfide) groups is 1. The van der Waals surface area contributed by atoms with Gasteiger partial charge < -0.3 is 9.47 Å². The molecule has 146 valence electrons. The molecule has 0 aromatic heterocycles. The van der Waals surface area contributed by atoms with Crippen LogP contribution in [0.15, 0.2) is 47.4 Å². The largest absolute Gasteiger partial charge is 0.496 e. The van der Waals surface area contributed by atoms with Crippen molar-refractivity contribution in [1.29, 1.82) is 0 Å². The average Bonchev–Trinajstić information content (AvgIpc) is 2.94. The molecule has 0 aliphatic carbocycles. The lowest BCUT2D eigenvalue weighted by atomic mass is 10.1. The van der Waals surface area contributed by atoms with Gasteiger partial charge in [0.15, 0.2) is 0 Å². The Kier molecular flexibility index (Phi) is 6.36. The Morgan fingerprint density at radius 2 is 1.93 bits per heavy atom. The third kappa shape index (κ3) is 4.54. The highest BCUT2D eigenvalue weighted by Gasteiger charge is 2.33. The van der Waals surface area contributed by atoms with Crippen LogP contribution in [0, 0.1) is 5.82 Å². The van der Waals surface area contributed by atoms with E-state index in [1.807, 2.05) is 38.1 Å². The molecule has 3 rings (SSSR count). The molecule has 0 saturated carbocycles. The zero-order valence-corrected chi connectivity index (χ0v) is 17.4. The molecule has 1 fully saturated rings. The molecule has 2 aromatic rings. The number of carbonyl (C=O) groups is 1. The highest BCUT2D eigenvalue weighted by Crippen LogP contribution is 2.34. The first-order chi connectivity index (χ1) is 13.4. The van der Waals surface area contributed by atoms with Gasteiger partial charge in [0.25, 0.3) is 5.91 Å². The number of hydrogen-bond donors (Lipinski definition) is 0. The number of benzene rings is 2. The first-order valence-corrected chi connectivity index (χ1v) is 9.94. The van der Waals surface area contributed by atoms with Gasteiger partial charge in [-0.2, -0.15) is 0 Å². The van der Waals surface area contributed by atoms with Gasteiger partial charge in [-0.05, 0) is 61.9 Å². The molecule has 1 saturated heterocycles. The number of amides is 1. The fourth-order valence-electron chi connectivity index (χ4n) is 2.77. The van der Waals surface area contributed by atoms with Crippen LogP contribution in [0.4, 0.5) is 4.39 Å². The standard InChI is InChI=1S/C21H20FNO3S2/c1-13(2)23-20(24)19(28-21(23)27)11-14-4-9-18(25-3)15(10-14)12-26-17-7-5-16(22)6-8-17/h4-11,13H,12H2,1-3H3. The van der Waals surface area contributed by atoms with Crippen LogP contribution in [-0.4, -0.2) is 28.3 Å². The van der Waals surface area contributed by atoms with Crippen LogP contribution in [0.1, 0.15) is 25.0 Å². The summed E-state index contributed by atoms with van der Waals surface area (Å²) in [5.41, 5.74) is 1.67. The molecule has 0 bridgehead atoms. The highest BCUT2D eigenvalue weighted by molar-refractivity contribution is 8.26. The van der Waals surface area contributed by atoms with E-state index in [1.54, 1.807) is 24.1 Å². The molecule has 0 atom stereocenters. The summed E-state index contributed by atoms with van der Waals surface area (Å²) in [5.74, 6) is 0.844. The molecule has 0 N–H and O–H groups in total. The van der Waals surface area contributed by atoms with Crippen molar-refractivity contribution >= 4 is 40.3 Å². The Balaban J connectivity index is 1.81. The molecule has 0 radical (unpaired) electrons. The molecule has 28 heavy (non-hydrogen) atoms. The molecule has 1 aliphatic heterocycles. The van der Waals surface area contributed by atoms with Crippen molar-refractivity contribution in [3.05, 3.63) is 64.3 Å². The van der Waals surface area contributed by atoms with Crippen molar-refractivity contribution in [2.45, 2.75) is 26.5 Å². The first-order valence-electron chi connectivity index (χ1n) is 8.71. The van der Waals surface area contributed by atoms with Crippen LogP contribution in [0.2, 0.25) is 0 Å². The van der Waals surface area contributed by atoms with E-state index in [0.717, 1.165) is 11.1 Å². The van der Waals surface area contributed by atoms with E-state index < -0.39 is 0 Å². The monoisotopic (exact) mass is 417 g/mol. The van der Waals surface area contributed by atoms with Gasteiger partial charge in [0.2, 0.25) is 0 Å². The predicted octanol–water partition coefficient (Wildman–Crippen LogP) is 5.02. The number of thiocarbonyl (C=S) groups is 1. The van der Waals surface area contributed by atoms with Crippen molar-refractivity contribution in [1.82, 2.24) is 4.90 Å². The van der Waals surface area contributed by atoms with Crippen LogP contribution in [0.25, 0.3) is 6.08 Å². The van der Waals surface area contributed by atoms with Crippen molar-refractivity contribution in [3.63, 3.8) is 0 Å².